The van der Waals surface area contributed by atoms with Crippen molar-refractivity contribution < 1.29 is 24.2 Å². The highest BCUT2D eigenvalue weighted by atomic mass is 32.1. The molecular formula is C30H22N2O5S2. The fraction of sp³-hybridized carbons (Fsp3) is 0.100. The minimum absolute atomic E-state index is 0.00794. The normalized spacial score (nSPS) is 15.3. The molecule has 39 heavy (non-hydrogen) atoms. The van der Waals surface area contributed by atoms with Crippen LogP contribution in [-0.4, -0.2) is 28.4 Å². The van der Waals surface area contributed by atoms with Gasteiger partial charge in [-0.2, -0.15) is 0 Å². The van der Waals surface area contributed by atoms with Crippen molar-refractivity contribution in [3.8, 4) is 17.2 Å². The van der Waals surface area contributed by atoms with Gasteiger partial charge in [-0.05, 0) is 66.4 Å². The first-order chi connectivity index (χ1) is 19.0. The summed E-state index contributed by atoms with van der Waals surface area (Å²) in [6.07, 6.45) is 0. The summed E-state index contributed by atoms with van der Waals surface area (Å²) in [5.74, 6) is 0.215. The molecule has 7 nitrogen and oxygen atoms in total. The molecule has 0 bridgehead atoms. The van der Waals surface area contributed by atoms with E-state index in [-0.39, 0.29) is 5.57 Å². The predicted molar refractivity (Wildman–Crippen MR) is 152 cm³/mol. The number of ether oxygens (including phenoxy) is 2. The first-order valence-electron chi connectivity index (χ1n) is 12.2. The third kappa shape index (κ3) is 4.67. The summed E-state index contributed by atoms with van der Waals surface area (Å²) in [6.45, 7) is 2.43. The summed E-state index contributed by atoms with van der Waals surface area (Å²) in [6, 6.07) is 24.6. The minimum atomic E-state index is -0.904. The molecule has 0 radical (unpaired) electrons. The van der Waals surface area contributed by atoms with E-state index in [0.717, 1.165) is 4.70 Å². The van der Waals surface area contributed by atoms with Crippen molar-refractivity contribution in [1.29, 1.82) is 0 Å². The number of hydrogen-bond donors (Lipinski definition) is 1. The number of Topliss-reactive ketones (excluding diaryl/α,β-unsaturated/α-hetero) is 1. The number of aliphatic hydroxyl groups excluding tert-OH is 1. The van der Waals surface area contributed by atoms with Crippen LogP contribution in [0.5, 0.6) is 17.2 Å². The Bertz CT molecular complexity index is 1710. The molecule has 1 amide bonds. The lowest BCUT2D eigenvalue weighted by atomic mass is 9.95. The van der Waals surface area contributed by atoms with E-state index in [1.165, 1.54) is 27.6 Å². The minimum Gasteiger partial charge on any atom is -0.503 e. The van der Waals surface area contributed by atoms with Gasteiger partial charge in [-0.15, -0.1) is 11.3 Å². The van der Waals surface area contributed by atoms with E-state index >= 15 is 0 Å². The van der Waals surface area contributed by atoms with Gasteiger partial charge in [0.1, 0.15) is 17.2 Å². The summed E-state index contributed by atoms with van der Waals surface area (Å²) in [4.78, 5) is 33.7. The van der Waals surface area contributed by atoms with Gasteiger partial charge < -0.3 is 14.6 Å². The number of para-hydroxylation sites is 1. The first-order valence-corrected chi connectivity index (χ1v) is 13.9. The second-order valence-corrected chi connectivity index (χ2v) is 10.6. The van der Waals surface area contributed by atoms with Crippen molar-refractivity contribution in [2.24, 2.45) is 0 Å². The van der Waals surface area contributed by atoms with Crippen LogP contribution in [0.4, 0.5) is 5.13 Å². The van der Waals surface area contributed by atoms with Gasteiger partial charge in [-0.3, -0.25) is 14.5 Å². The van der Waals surface area contributed by atoms with Gasteiger partial charge in [0.05, 0.1) is 33.3 Å². The predicted octanol–water partition coefficient (Wildman–Crippen LogP) is 7.33. The van der Waals surface area contributed by atoms with E-state index in [1.807, 2.05) is 61.5 Å². The van der Waals surface area contributed by atoms with Crippen LogP contribution < -0.4 is 14.4 Å². The second-order valence-electron chi connectivity index (χ2n) is 8.69. The number of ketones is 1. The molecule has 5 aromatic rings. The molecule has 1 atom stereocenters. The lowest BCUT2D eigenvalue weighted by Crippen LogP contribution is -2.30. The highest BCUT2D eigenvalue weighted by Crippen LogP contribution is 2.45. The SMILES string of the molecule is CCOc1ccc2nc(N3C(=O)C(O)=C(C(=O)c4cccs4)C3c3cccc(Oc4ccccc4)c3)sc2c1. The number of benzene rings is 3. The van der Waals surface area contributed by atoms with Crippen LogP contribution in [0.3, 0.4) is 0 Å². The number of hydrogen-bond acceptors (Lipinski definition) is 8. The highest BCUT2D eigenvalue weighted by molar-refractivity contribution is 7.22. The number of aromatic nitrogens is 1. The van der Waals surface area contributed by atoms with E-state index in [1.54, 1.807) is 35.7 Å². The molecule has 6 rings (SSSR count). The molecule has 3 aromatic carbocycles. The third-order valence-corrected chi connectivity index (χ3v) is 8.10. The van der Waals surface area contributed by atoms with Gasteiger partial charge in [0.15, 0.2) is 10.9 Å². The summed E-state index contributed by atoms with van der Waals surface area (Å²) in [5, 5.41) is 13.2. The molecule has 0 saturated heterocycles. The molecule has 0 aliphatic carbocycles. The molecule has 0 spiro atoms. The lowest BCUT2D eigenvalue weighted by Gasteiger charge is -2.24. The number of amides is 1. The van der Waals surface area contributed by atoms with Crippen LogP contribution in [0.25, 0.3) is 10.2 Å². The van der Waals surface area contributed by atoms with Gasteiger partial charge in [0.2, 0.25) is 5.78 Å². The molecule has 1 unspecified atom stereocenters. The Morgan fingerprint density at radius 3 is 2.56 bits per heavy atom. The molecular weight excluding hydrogens is 532 g/mol. The van der Waals surface area contributed by atoms with Gasteiger partial charge in [0.25, 0.3) is 5.91 Å². The summed E-state index contributed by atoms with van der Waals surface area (Å²) < 4.78 is 12.5. The van der Waals surface area contributed by atoms with Gasteiger partial charge in [-0.1, -0.05) is 47.7 Å². The molecule has 3 heterocycles. The quantitative estimate of drug-likeness (QED) is 0.202. The summed E-state index contributed by atoms with van der Waals surface area (Å²) >= 11 is 2.55. The highest BCUT2D eigenvalue weighted by Gasteiger charge is 2.46. The van der Waals surface area contributed by atoms with Gasteiger partial charge in [-0.25, -0.2) is 4.98 Å². The van der Waals surface area contributed by atoms with Gasteiger partial charge >= 0.3 is 0 Å². The Balaban J connectivity index is 1.46. The molecule has 0 fully saturated rings. The Kier molecular flexibility index (Phi) is 6.60. The van der Waals surface area contributed by atoms with Crippen LogP contribution in [0.2, 0.25) is 0 Å². The molecule has 1 aliphatic heterocycles. The number of fused-ring (bicyclic) bond motifs is 1. The van der Waals surface area contributed by atoms with Crippen LogP contribution in [0.15, 0.2) is 102 Å². The fourth-order valence-corrected chi connectivity index (χ4v) is 6.21. The number of thiophene rings is 1. The molecule has 0 saturated carbocycles. The lowest BCUT2D eigenvalue weighted by molar-refractivity contribution is -0.117. The van der Waals surface area contributed by atoms with E-state index < -0.39 is 23.5 Å². The number of thiazole rings is 1. The van der Waals surface area contributed by atoms with Crippen molar-refractivity contribution in [2.75, 3.05) is 11.5 Å². The van der Waals surface area contributed by atoms with Crippen LogP contribution in [0.1, 0.15) is 28.2 Å². The topological polar surface area (TPSA) is 89.0 Å². The van der Waals surface area contributed by atoms with E-state index in [4.69, 9.17) is 14.5 Å². The average Bonchev–Trinajstić information content (AvgIpc) is 3.68. The van der Waals surface area contributed by atoms with Crippen LogP contribution in [-0.2, 0) is 4.79 Å². The number of carbonyl (C=O) groups excluding carboxylic acids is 2. The van der Waals surface area contributed by atoms with Crippen molar-refractivity contribution in [3.63, 3.8) is 0 Å². The van der Waals surface area contributed by atoms with Crippen LogP contribution in [0, 0.1) is 0 Å². The maximum Gasteiger partial charge on any atom is 0.296 e. The molecule has 194 valence electrons. The smallest absolute Gasteiger partial charge is 0.296 e. The zero-order valence-corrected chi connectivity index (χ0v) is 22.4. The Morgan fingerprint density at radius 1 is 0.974 bits per heavy atom. The summed E-state index contributed by atoms with van der Waals surface area (Å²) in [7, 11) is 0. The zero-order valence-electron chi connectivity index (χ0n) is 20.7. The zero-order chi connectivity index (χ0) is 26.9. The molecule has 2 aromatic heterocycles. The van der Waals surface area contributed by atoms with Crippen molar-refractivity contribution in [3.05, 3.63) is 112 Å². The molecule has 9 heteroatoms. The molecule has 1 aliphatic rings. The standard InChI is InChI=1S/C30H22N2O5S2/c1-2-36-20-13-14-22-24(17-20)39-30(31-22)32-26(25(28(34)29(32)35)27(33)23-12-7-15-38-23)18-8-6-11-21(16-18)37-19-9-4-3-5-10-19/h3-17,26,34H,2H2,1H3. The Hall–Kier alpha value is -4.47. The number of nitrogens with zero attached hydrogens (tertiary/aromatic N) is 2. The average molecular weight is 555 g/mol. The van der Waals surface area contributed by atoms with E-state index in [2.05, 4.69) is 0 Å². The number of carbonyl (C=O) groups is 2. The number of anilines is 1. The monoisotopic (exact) mass is 554 g/mol. The van der Waals surface area contributed by atoms with Crippen molar-refractivity contribution in [2.45, 2.75) is 13.0 Å². The fourth-order valence-electron chi connectivity index (χ4n) is 4.52. The maximum absolute atomic E-state index is 13.6. The van der Waals surface area contributed by atoms with E-state index in [9.17, 15) is 14.7 Å². The largest absolute Gasteiger partial charge is 0.503 e. The van der Waals surface area contributed by atoms with Crippen molar-refractivity contribution in [1.82, 2.24) is 4.98 Å². The Labute approximate surface area is 232 Å². The van der Waals surface area contributed by atoms with E-state index in [0.29, 0.717) is 44.9 Å². The van der Waals surface area contributed by atoms with Crippen molar-refractivity contribution >= 4 is 49.7 Å². The second kappa shape index (κ2) is 10.4. The third-order valence-electron chi connectivity index (χ3n) is 6.22. The summed E-state index contributed by atoms with van der Waals surface area (Å²) in [5.41, 5.74) is 1.30. The van der Waals surface area contributed by atoms with Crippen LogP contribution >= 0.6 is 22.7 Å². The Morgan fingerprint density at radius 2 is 1.79 bits per heavy atom. The van der Waals surface area contributed by atoms with Gasteiger partial charge in [0, 0.05) is 0 Å². The number of rotatable bonds is 8. The molecule has 1 N–H and O–H groups in total. The first kappa shape index (κ1) is 24.8. The maximum atomic E-state index is 13.6. The number of aliphatic hydroxyl groups is 1.